The Bertz CT molecular complexity index is 597. The molecule has 2 heterocycles. The lowest BCUT2D eigenvalue weighted by molar-refractivity contribution is 0.0261. The van der Waals surface area contributed by atoms with Crippen LogP contribution in [-0.4, -0.2) is 29.3 Å². The molecule has 0 bridgehead atoms. The second-order valence-corrected chi connectivity index (χ2v) is 5.60. The zero-order valence-electron chi connectivity index (χ0n) is 10.7. The number of aromatic nitrogens is 2. The first-order valence-electron chi connectivity index (χ1n) is 6.39. The van der Waals surface area contributed by atoms with Crippen molar-refractivity contribution in [3.63, 3.8) is 0 Å². The van der Waals surface area contributed by atoms with Crippen LogP contribution in [-0.2, 0) is 4.74 Å². The third kappa shape index (κ3) is 2.72. The molecule has 1 fully saturated rings. The molecule has 0 saturated carbocycles. The molecular formula is C14H15BrN2O2. The second-order valence-electron chi connectivity index (χ2n) is 4.69. The van der Waals surface area contributed by atoms with Gasteiger partial charge in [0.2, 0.25) is 0 Å². The quantitative estimate of drug-likeness (QED) is 0.851. The first-order chi connectivity index (χ1) is 9.24. The highest BCUT2D eigenvalue weighted by Gasteiger charge is 2.17. The summed E-state index contributed by atoms with van der Waals surface area (Å²) in [6.45, 7) is 3.52. The van der Waals surface area contributed by atoms with Gasteiger partial charge in [0.25, 0.3) is 0 Å². The predicted molar refractivity (Wildman–Crippen MR) is 76.4 cm³/mol. The van der Waals surface area contributed by atoms with Gasteiger partial charge in [-0.25, -0.2) is 9.97 Å². The molecule has 2 aromatic rings. The van der Waals surface area contributed by atoms with Crippen LogP contribution in [0, 0.1) is 6.92 Å². The highest BCUT2D eigenvalue weighted by Crippen LogP contribution is 2.31. The molecule has 0 N–H and O–H groups in total. The Hall–Kier alpha value is -1.20. The van der Waals surface area contributed by atoms with E-state index in [0.717, 1.165) is 52.9 Å². The summed E-state index contributed by atoms with van der Waals surface area (Å²) < 4.78 is 12.4. The molecule has 0 unspecified atom stereocenters. The molecule has 0 aliphatic carbocycles. The van der Waals surface area contributed by atoms with Crippen LogP contribution in [0.1, 0.15) is 18.5 Å². The van der Waals surface area contributed by atoms with Crippen LogP contribution in [0.4, 0.5) is 0 Å². The van der Waals surface area contributed by atoms with Crippen molar-refractivity contribution in [3.05, 3.63) is 28.6 Å². The smallest absolute Gasteiger partial charge is 0.147 e. The monoisotopic (exact) mass is 322 g/mol. The Labute approximate surface area is 120 Å². The van der Waals surface area contributed by atoms with E-state index in [-0.39, 0.29) is 6.10 Å². The SMILES string of the molecule is Cc1ncnc2c(OC3CCOCC3)cc(Br)cc12. The minimum Gasteiger partial charge on any atom is -0.488 e. The normalized spacial score (nSPS) is 16.7. The van der Waals surface area contributed by atoms with Crippen molar-refractivity contribution < 1.29 is 9.47 Å². The van der Waals surface area contributed by atoms with Crippen LogP contribution in [0.5, 0.6) is 5.75 Å². The molecule has 1 saturated heterocycles. The summed E-state index contributed by atoms with van der Waals surface area (Å²) in [6.07, 6.45) is 3.65. The number of rotatable bonds is 2. The van der Waals surface area contributed by atoms with E-state index in [9.17, 15) is 0 Å². The van der Waals surface area contributed by atoms with Gasteiger partial charge in [-0.3, -0.25) is 0 Å². The van der Waals surface area contributed by atoms with E-state index in [1.807, 2.05) is 19.1 Å². The molecular weight excluding hydrogens is 308 g/mol. The number of nitrogens with zero attached hydrogens (tertiary/aromatic N) is 2. The van der Waals surface area contributed by atoms with Crippen LogP contribution in [0.25, 0.3) is 10.9 Å². The molecule has 1 aromatic carbocycles. The summed E-state index contributed by atoms with van der Waals surface area (Å²) in [7, 11) is 0. The molecule has 1 aliphatic heterocycles. The number of benzene rings is 1. The van der Waals surface area contributed by atoms with Crippen LogP contribution in [0.2, 0.25) is 0 Å². The molecule has 1 aliphatic rings. The molecule has 0 amide bonds. The van der Waals surface area contributed by atoms with E-state index >= 15 is 0 Å². The van der Waals surface area contributed by atoms with Gasteiger partial charge in [-0.15, -0.1) is 0 Å². The predicted octanol–water partition coefficient (Wildman–Crippen LogP) is 3.26. The largest absolute Gasteiger partial charge is 0.488 e. The van der Waals surface area contributed by atoms with Crippen molar-refractivity contribution in [2.75, 3.05) is 13.2 Å². The Morgan fingerprint density at radius 3 is 2.84 bits per heavy atom. The van der Waals surface area contributed by atoms with Crippen molar-refractivity contribution in [2.45, 2.75) is 25.9 Å². The maximum absolute atomic E-state index is 6.10. The van der Waals surface area contributed by atoms with Gasteiger partial charge < -0.3 is 9.47 Å². The van der Waals surface area contributed by atoms with Gasteiger partial charge in [-0.05, 0) is 19.1 Å². The Balaban J connectivity index is 1.99. The third-order valence-electron chi connectivity index (χ3n) is 3.33. The summed E-state index contributed by atoms with van der Waals surface area (Å²) in [5.74, 6) is 0.821. The Morgan fingerprint density at radius 2 is 2.05 bits per heavy atom. The summed E-state index contributed by atoms with van der Waals surface area (Å²) >= 11 is 3.52. The van der Waals surface area contributed by atoms with Crippen molar-refractivity contribution in [3.8, 4) is 5.75 Å². The summed E-state index contributed by atoms with van der Waals surface area (Å²) in [6, 6.07) is 4.01. The van der Waals surface area contributed by atoms with Crippen LogP contribution >= 0.6 is 15.9 Å². The van der Waals surface area contributed by atoms with Crippen LogP contribution in [0.3, 0.4) is 0 Å². The molecule has 3 rings (SSSR count). The minimum absolute atomic E-state index is 0.210. The number of aryl methyl sites for hydroxylation is 1. The lowest BCUT2D eigenvalue weighted by Crippen LogP contribution is -2.26. The molecule has 19 heavy (non-hydrogen) atoms. The number of fused-ring (bicyclic) bond motifs is 1. The van der Waals surface area contributed by atoms with Gasteiger partial charge in [0.15, 0.2) is 0 Å². The fourth-order valence-electron chi connectivity index (χ4n) is 2.29. The van der Waals surface area contributed by atoms with Crippen LogP contribution in [0.15, 0.2) is 22.9 Å². The fourth-order valence-corrected chi connectivity index (χ4v) is 2.73. The topological polar surface area (TPSA) is 44.2 Å². The van der Waals surface area contributed by atoms with E-state index in [1.54, 1.807) is 6.33 Å². The van der Waals surface area contributed by atoms with Crippen molar-refractivity contribution >= 4 is 26.8 Å². The van der Waals surface area contributed by atoms with Gasteiger partial charge in [0.1, 0.15) is 23.7 Å². The summed E-state index contributed by atoms with van der Waals surface area (Å²) in [5.41, 5.74) is 1.84. The number of hydrogen-bond donors (Lipinski definition) is 0. The fraction of sp³-hybridized carbons (Fsp3) is 0.429. The Kier molecular flexibility index (Phi) is 3.66. The van der Waals surface area contributed by atoms with Gasteiger partial charge in [-0.1, -0.05) is 15.9 Å². The van der Waals surface area contributed by atoms with Crippen LogP contribution < -0.4 is 4.74 Å². The van der Waals surface area contributed by atoms with E-state index in [1.165, 1.54) is 0 Å². The van der Waals surface area contributed by atoms with Gasteiger partial charge in [0.05, 0.1) is 13.2 Å². The second kappa shape index (κ2) is 5.43. The molecule has 0 atom stereocenters. The van der Waals surface area contributed by atoms with Gasteiger partial charge >= 0.3 is 0 Å². The maximum Gasteiger partial charge on any atom is 0.147 e. The zero-order valence-corrected chi connectivity index (χ0v) is 12.3. The standard InChI is InChI=1S/C14H15BrN2O2/c1-9-12-6-10(15)7-13(14(12)17-8-16-9)19-11-2-4-18-5-3-11/h6-8,11H,2-5H2,1H3. The lowest BCUT2D eigenvalue weighted by Gasteiger charge is -2.24. The highest BCUT2D eigenvalue weighted by atomic mass is 79.9. The molecule has 0 spiro atoms. The van der Waals surface area contributed by atoms with E-state index in [2.05, 4.69) is 25.9 Å². The molecule has 0 radical (unpaired) electrons. The molecule has 100 valence electrons. The molecule has 5 heteroatoms. The Morgan fingerprint density at radius 1 is 1.26 bits per heavy atom. The average Bonchev–Trinajstić information content (AvgIpc) is 2.41. The average molecular weight is 323 g/mol. The van der Waals surface area contributed by atoms with Gasteiger partial charge in [0, 0.05) is 28.4 Å². The lowest BCUT2D eigenvalue weighted by atomic mass is 10.1. The first-order valence-corrected chi connectivity index (χ1v) is 7.18. The van der Waals surface area contributed by atoms with E-state index in [0.29, 0.717) is 0 Å². The van der Waals surface area contributed by atoms with Crippen molar-refractivity contribution in [1.29, 1.82) is 0 Å². The number of ether oxygens (including phenoxy) is 2. The third-order valence-corrected chi connectivity index (χ3v) is 3.79. The van der Waals surface area contributed by atoms with E-state index < -0.39 is 0 Å². The van der Waals surface area contributed by atoms with E-state index in [4.69, 9.17) is 9.47 Å². The summed E-state index contributed by atoms with van der Waals surface area (Å²) in [5, 5.41) is 1.03. The zero-order chi connectivity index (χ0) is 13.2. The maximum atomic E-state index is 6.10. The number of hydrogen-bond acceptors (Lipinski definition) is 4. The van der Waals surface area contributed by atoms with Crippen molar-refractivity contribution in [1.82, 2.24) is 9.97 Å². The molecule has 4 nitrogen and oxygen atoms in total. The molecule has 1 aromatic heterocycles. The number of halogens is 1. The summed E-state index contributed by atoms with van der Waals surface area (Å²) in [4.78, 5) is 8.59. The van der Waals surface area contributed by atoms with Crippen molar-refractivity contribution in [2.24, 2.45) is 0 Å². The first kappa shape index (κ1) is 12.8. The van der Waals surface area contributed by atoms with Gasteiger partial charge in [-0.2, -0.15) is 0 Å². The minimum atomic E-state index is 0.210. The highest BCUT2D eigenvalue weighted by molar-refractivity contribution is 9.10.